The molecule has 1 fully saturated rings. The molecule has 3 aliphatic rings. The minimum absolute atomic E-state index is 0.260. The number of para-hydroxylation sites is 2. The first kappa shape index (κ1) is 24.4. The summed E-state index contributed by atoms with van der Waals surface area (Å²) in [7, 11) is 0. The summed E-state index contributed by atoms with van der Waals surface area (Å²) in [5, 5.41) is 6.60. The van der Waals surface area contributed by atoms with Gasteiger partial charge in [0.2, 0.25) is 11.8 Å². The van der Waals surface area contributed by atoms with Gasteiger partial charge in [-0.25, -0.2) is 0 Å². The molecule has 196 valence electrons. The summed E-state index contributed by atoms with van der Waals surface area (Å²) < 4.78 is 0. The van der Waals surface area contributed by atoms with Crippen molar-refractivity contribution in [2.75, 3.05) is 15.5 Å². The highest BCUT2D eigenvalue weighted by molar-refractivity contribution is 6.30. The number of carbonyl (C=O) groups excluding carboxylic acids is 3. The van der Waals surface area contributed by atoms with E-state index < -0.39 is 23.4 Å². The summed E-state index contributed by atoms with van der Waals surface area (Å²) in [6.07, 6.45) is 3.95. The number of Topliss-reactive ketones (excluding diaryl/α,β-unsaturated/α-hetero) is 1. The summed E-state index contributed by atoms with van der Waals surface area (Å²) in [4.78, 5) is 45.2. The van der Waals surface area contributed by atoms with Gasteiger partial charge in [0.25, 0.3) is 0 Å². The zero-order valence-electron chi connectivity index (χ0n) is 21.3. The van der Waals surface area contributed by atoms with E-state index >= 15 is 0 Å². The molecular formula is C33H24ClN3O3. The van der Waals surface area contributed by atoms with Gasteiger partial charge in [-0.1, -0.05) is 90.5 Å². The van der Waals surface area contributed by atoms with Crippen LogP contribution in [0, 0.1) is 5.92 Å². The van der Waals surface area contributed by atoms with Crippen LogP contribution in [0.5, 0.6) is 0 Å². The van der Waals surface area contributed by atoms with Crippen LogP contribution >= 0.6 is 11.6 Å². The van der Waals surface area contributed by atoms with Crippen molar-refractivity contribution in [1.82, 2.24) is 0 Å². The van der Waals surface area contributed by atoms with Crippen molar-refractivity contribution in [2.45, 2.75) is 17.5 Å². The lowest BCUT2D eigenvalue weighted by Crippen LogP contribution is -2.51. The zero-order valence-corrected chi connectivity index (χ0v) is 22.0. The van der Waals surface area contributed by atoms with E-state index in [0.717, 1.165) is 16.8 Å². The van der Waals surface area contributed by atoms with Crippen molar-refractivity contribution in [2.24, 2.45) is 5.92 Å². The Morgan fingerprint density at radius 3 is 2.35 bits per heavy atom. The Bertz CT molecular complexity index is 1700. The van der Waals surface area contributed by atoms with E-state index in [1.165, 1.54) is 0 Å². The second-order valence-corrected chi connectivity index (χ2v) is 10.7. The molecule has 7 rings (SSSR count). The number of nitrogens with one attached hydrogen (secondary N) is 2. The maximum Gasteiger partial charge on any atom is 0.247 e. The Kier molecular flexibility index (Phi) is 5.61. The number of carbonyl (C=O) groups is 3. The second-order valence-electron chi connectivity index (χ2n) is 10.3. The third-order valence-electron chi connectivity index (χ3n) is 8.26. The second kappa shape index (κ2) is 9.21. The van der Waals surface area contributed by atoms with E-state index in [9.17, 15) is 14.4 Å². The van der Waals surface area contributed by atoms with Gasteiger partial charge in [0.1, 0.15) is 11.5 Å². The van der Waals surface area contributed by atoms with Crippen LogP contribution < -0.4 is 15.5 Å². The van der Waals surface area contributed by atoms with Crippen LogP contribution in [0.2, 0.25) is 5.02 Å². The fraction of sp³-hybridized carbons (Fsp3) is 0.121. The van der Waals surface area contributed by atoms with Gasteiger partial charge in [-0.05, 0) is 47.5 Å². The summed E-state index contributed by atoms with van der Waals surface area (Å²) in [5.74, 6) is -1.94. The number of benzene rings is 4. The van der Waals surface area contributed by atoms with Crippen LogP contribution in [0.15, 0.2) is 109 Å². The molecule has 7 heteroatoms. The average molecular weight is 546 g/mol. The van der Waals surface area contributed by atoms with E-state index in [1.54, 1.807) is 48.5 Å². The number of anilines is 3. The van der Waals surface area contributed by atoms with Crippen LogP contribution in [-0.2, 0) is 15.0 Å². The number of fused-ring (bicyclic) bond motifs is 6. The Labute approximate surface area is 236 Å². The van der Waals surface area contributed by atoms with Crippen molar-refractivity contribution >= 4 is 52.3 Å². The van der Waals surface area contributed by atoms with Gasteiger partial charge in [0.05, 0.1) is 12.0 Å². The van der Waals surface area contributed by atoms with Crippen LogP contribution in [0.1, 0.15) is 21.5 Å². The molecule has 0 bridgehead atoms. The molecule has 0 aromatic heterocycles. The van der Waals surface area contributed by atoms with Gasteiger partial charge in [0.15, 0.2) is 5.78 Å². The molecule has 3 heterocycles. The van der Waals surface area contributed by atoms with Gasteiger partial charge in [0, 0.05) is 27.6 Å². The molecule has 4 atom stereocenters. The van der Waals surface area contributed by atoms with Gasteiger partial charge >= 0.3 is 0 Å². The highest BCUT2D eigenvalue weighted by Gasteiger charge is 2.70. The highest BCUT2D eigenvalue weighted by Crippen LogP contribution is 2.57. The monoisotopic (exact) mass is 545 g/mol. The van der Waals surface area contributed by atoms with Gasteiger partial charge < -0.3 is 15.5 Å². The third-order valence-corrected chi connectivity index (χ3v) is 8.52. The molecule has 0 aliphatic carbocycles. The molecule has 6 nitrogen and oxygen atoms in total. The predicted molar refractivity (Wildman–Crippen MR) is 157 cm³/mol. The van der Waals surface area contributed by atoms with Crippen LogP contribution in [0.3, 0.4) is 0 Å². The summed E-state index contributed by atoms with van der Waals surface area (Å²) in [6.45, 7) is 0. The smallest absolute Gasteiger partial charge is 0.247 e. The SMILES string of the molecule is O=C(Nc1ccc(Cl)cc1)[C@@H]1[C@H](C(=O)c2ccccc2)[C@@]2(C(=O)Nc3ccccc32)[C@@H]2C=Cc3ccccc3N12. The Balaban J connectivity index is 1.48. The van der Waals surface area contributed by atoms with E-state index in [2.05, 4.69) is 10.6 Å². The van der Waals surface area contributed by atoms with Crippen LogP contribution in [-0.4, -0.2) is 29.7 Å². The molecule has 3 aliphatic heterocycles. The number of rotatable bonds is 4. The topological polar surface area (TPSA) is 78.5 Å². The van der Waals surface area contributed by atoms with Crippen LogP contribution in [0.4, 0.5) is 17.1 Å². The molecule has 0 unspecified atom stereocenters. The minimum atomic E-state index is -1.34. The summed E-state index contributed by atoms with van der Waals surface area (Å²) in [5.41, 5.74) is 2.75. The van der Waals surface area contributed by atoms with Gasteiger partial charge in [-0.15, -0.1) is 0 Å². The number of ketones is 1. The molecule has 2 N–H and O–H groups in total. The quantitative estimate of drug-likeness (QED) is 0.311. The number of nitrogens with zero attached hydrogens (tertiary/aromatic N) is 1. The molecule has 40 heavy (non-hydrogen) atoms. The lowest BCUT2D eigenvalue weighted by Gasteiger charge is -2.37. The molecule has 0 radical (unpaired) electrons. The maximum absolute atomic E-state index is 14.6. The van der Waals surface area contributed by atoms with E-state index in [1.807, 2.05) is 71.6 Å². The van der Waals surface area contributed by atoms with Gasteiger partial charge in [-0.3, -0.25) is 14.4 Å². The lowest BCUT2D eigenvalue weighted by molar-refractivity contribution is -0.122. The largest absolute Gasteiger partial charge is 0.350 e. The maximum atomic E-state index is 14.6. The number of hydrogen-bond donors (Lipinski definition) is 2. The first-order chi connectivity index (χ1) is 19.5. The molecule has 4 aromatic rings. The normalized spacial score (nSPS) is 23.8. The van der Waals surface area contributed by atoms with Crippen molar-refractivity contribution in [1.29, 1.82) is 0 Å². The van der Waals surface area contributed by atoms with Gasteiger partial charge in [-0.2, -0.15) is 0 Å². The third kappa shape index (κ3) is 3.46. The molecule has 2 amide bonds. The Hall–Kier alpha value is -4.68. The fourth-order valence-electron chi connectivity index (χ4n) is 6.65. The van der Waals surface area contributed by atoms with E-state index in [-0.39, 0.29) is 17.6 Å². The molecule has 1 spiro atoms. The highest BCUT2D eigenvalue weighted by atomic mass is 35.5. The van der Waals surface area contributed by atoms with Crippen LogP contribution in [0.25, 0.3) is 6.08 Å². The molecule has 1 saturated heterocycles. The molecule has 0 saturated carbocycles. The summed E-state index contributed by atoms with van der Waals surface area (Å²) >= 11 is 6.08. The Morgan fingerprint density at radius 2 is 1.55 bits per heavy atom. The first-order valence-corrected chi connectivity index (χ1v) is 13.5. The first-order valence-electron chi connectivity index (χ1n) is 13.1. The van der Waals surface area contributed by atoms with Crippen molar-refractivity contribution in [3.63, 3.8) is 0 Å². The lowest BCUT2D eigenvalue weighted by atomic mass is 9.64. The summed E-state index contributed by atoms with van der Waals surface area (Å²) in [6, 6.07) is 29.4. The molecule has 4 aromatic carbocycles. The number of amides is 2. The zero-order chi connectivity index (χ0) is 27.4. The predicted octanol–water partition coefficient (Wildman–Crippen LogP) is 5.95. The number of halogens is 1. The van der Waals surface area contributed by atoms with E-state index in [4.69, 9.17) is 11.6 Å². The van der Waals surface area contributed by atoms with Crippen molar-refractivity contribution < 1.29 is 14.4 Å². The van der Waals surface area contributed by atoms with E-state index in [0.29, 0.717) is 22.0 Å². The molecular weight excluding hydrogens is 522 g/mol. The van der Waals surface area contributed by atoms with Crippen molar-refractivity contribution in [3.8, 4) is 0 Å². The fourth-order valence-corrected chi connectivity index (χ4v) is 6.78. The average Bonchev–Trinajstić information content (AvgIpc) is 3.47. The van der Waals surface area contributed by atoms with Crippen molar-refractivity contribution in [3.05, 3.63) is 131 Å². The number of hydrogen-bond acceptors (Lipinski definition) is 4. The standard InChI is InChI=1S/C33H24ClN3O3/c34-22-15-17-23(18-16-22)35-31(39)29-28(30(38)21-9-2-1-3-10-21)33(24-11-5-6-12-25(24)36-32(33)40)27-19-14-20-8-4-7-13-26(20)37(27)29/h1-19,27-29H,(H,35,39)(H,36,40)/t27-,28+,29-,33-/m0/s1. The Morgan fingerprint density at radius 1 is 0.850 bits per heavy atom. The minimum Gasteiger partial charge on any atom is -0.350 e.